The number of amides is 1. The van der Waals surface area contributed by atoms with Crippen LogP contribution in [0.2, 0.25) is 5.02 Å². The van der Waals surface area contributed by atoms with Gasteiger partial charge in [0.1, 0.15) is 12.4 Å². The first kappa shape index (κ1) is 21.2. The van der Waals surface area contributed by atoms with E-state index in [1.807, 2.05) is 17.0 Å². The number of rotatable bonds is 9. The first-order valence-corrected chi connectivity index (χ1v) is 10.5. The fourth-order valence-electron chi connectivity index (χ4n) is 3.70. The van der Waals surface area contributed by atoms with Crippen LogP contribution in [0.1, 0.15) is 42.5 Å². The number of nitrogens with zero attached hydrogens (tertiary/aromatic N) is 2. The molecular weight excluding hydrogens is 386 g/mol. The van der Waals surface area contributed by atoms with Gasteiger partial charge in [0.05, 0.1) is 0 Å². The number of benzene rings is 1. The molecular formula is C23H28ClN3O2. The second kappa shape index (κ2) is 10.9. The van der Waals surface area contributed by atoms with Crippen LogP contribution in [0.25, 0.3) is 0 Å². The summed E-state index contributed by atoms with van der Waals surface area (Å²) in [6, 6.07) is 9.29. The summed E-state index contributed by atoms with van der Waals surface area (Å²) in [5, 5.41) is 3.76. The normalized spacial score (nSPS) is 14.2. The monoisotopic (exact) mass is 413 g/mol. The standard InChI is InChI=1S/C23H28ClN3O2/c1-2-13-27(21-6-4-3-5-7-21)23(28)18-15-19(24)17-22(16-18)29-14-12-26-20-8-10-25-11-9-20/h2,8-11,15-17,21H,1,3-7,12-14H2,(H,25,26). The van der Waals surface area contributed by atoms with Crippen LogP contribution in [0.3, 0.4) is 0 Å². The highest BCUT2D eigenvalue weighted by molar-refractivity contribution is 6.31. The fourth-order valence-corrected chi connectivity index (χ4v) is 3.92. The smallest absolute Gasteiger partial charge is 0.254 e. The molecule has 29 heavy (non-hydrogen) atoms. The van der Waals surface area contributed by atoms with Crippen LogP contribution in [-0.2, 0) is 0 Å². The third-order valence-corrected chi connectivity index (χ3v) is 5.32. The van der Waals surface area contributed by atoms with Gasteiger partial charge in [-0.1, -0.05) is 36.9 Å². The summed E-state index contributed by atoms with van der Waals surface area (Å²) in [6.45, 7) is 5.45. The van der Waals surface area contributed by atoms with Crippen molar-refractivity contribution in [2.24, 2.45) is 0 Å². The van der Waals surface area contributed by atoms with Crippen LogP contribution < -0.4 is 10.1 Å². The molecule has 3 rings (SSSR count). The van der Waals surface area contributed by atoms with E-state index in [1.165, 1.54) is 19.3 Å². The number of aromatic nitrogens is 1. The van der Waals surface area contributed by atoms with E-state index in [0.717, 1.165) is 18.5 Å². The second-order valence-corrected chi connectivity index (χ2v) is 7.66. The zero-order valence-corrected chi connectivity index (χ0v) is 17.4. The Morgan fingerprint density at radius 1 is 1.24 bits per heavy atom. The molecule has 0 saturated heterocycles. The van der Waals surface area contributed by atoms with Gasteiger partial charge in [-0.3, -0.25) is 9.78 Å². The summed E-state index contributed by atoms with van der Waals surface area (Å²) >= 11 is 6.28. The molecule has 1 fully saturated rings. The molecule has 1 amide bonds. The lowest BCUT2D eigenvalue weighted by atomic mass is 9.93. The lowest BCUT2D eigenvalue weighted by molar-refractivity contribution is 0.0662. The Kier molecular flexibility index (Phi) is 7.94. The summed E-state index contributed by atoms with van der Waals surface area (Å²) in [4.78, 5) is 19.1. The number of pyridine rings is 1. The highest BCUT2D eigenvalue weighted by Gasteiger charge is 2.25. The van der Waals surface area contributed by atoms with Gasteiger partial charge in [-0.25, -0.2) is 0 Å². The van der Waals surface area contributed by atoms with E-state index in [2.05, 4.69) is 16.9 Å². The largest absolute Gasteiger partial charge is 0.492 e. The van der Waals surface area contributed by atoms with Crippen LogP contribution in [0.15, 0.2) is 55.4 Å². The van der Waals surface area contributed by atoms with E-state index in [4.69, 9.17) is 16.3 Å². The topological polar surface area (TPSA) is 54.5 Å². The molecule has 0 spiro atoms. The molecule has 2 aromatic rings. The third-order valence-electron chi connectivity index (χ3n) is 5.10. The Labute approximate surface area is 177 Å². The number of halogens is 1. The van der Waals surface area contributed by atoms with Crippen molar-refractivity contribution in [3.05, 3.63) is 66.0 Å². The first-order valence-electron chi connectivity index (χ1n) is 10.2. The lowest BCUT2D eigenvalue weighted by Crippen LogP contribution is -2.41. The van der Waals surface area contributed by atoms with Gasteiger partial charge in [0.2, 0.25) is 0 Å². The number of nitrogens with one attached hydrogen (secondary N) is 1. The van der Waals surface area contributed by atoms with Gasteiger partial charge in [-0.2, -0.15) is 0 Å². The van der Waals surface area contributed by atoms with E-state index < -0.39 is 0 Å². The minimum atomic E-state index is -0.0148. The summed E-state index contributed by atoms with van der Waals surface area (Å²) in [5.74, 6) is 0.582. The molecule has 0 radical (unpaired) electrons. The fraction of sp³-hybridized carbons (Fsp3) is 0.391. The maximum atomic E-state index is 13.2. The van der Waals surface area contributed by atoms with Crippen LogP contribution in [0.4, 0.5) is 5.69 Å². The van der Waals surface area contributed by atoms with Crippen molar-refractivity contribution in [3.63, 3.8) is 0 Å². The molecule has 6 heteroatoms. The van der Waals surface area contributed by atoms with Gasteiger partial charge in [0.15, 0.2) is 0 Å². The Morgan fingerprint density at radius 2 is 2.00 bits per heavy atom. The Hall–Kier alpha value is -2.53. The molecule has 5 nitrogen and oxygen atoms in total. The molecule has 1 N–H and O–H groups in total. The molecule has 0 unspecified atom stereocenters. The highest BCUT2D eigenvalue weighted by Crippen LogP contribution is 2.27. The zero-order chi connectivity index (χ0) is 20.5. The van der Waals surface area contributed by atoms with Crippen LogP contribution >= 0.6 is 11.6 Å². The third kappa shape index (κ3) is 6.23. The number of ether oxygens (including phenoxy) is 1. The average Bonchev–Trinajstić information content (AvgIpc) is 2.75. The Balaban J connectivity index is 1.63. The summed E-state index contributed by atoms with van der Waals surface area (Å²) in [6.07, 6.45) is 10.9. The predicted octanol–water partition coefficient (Wildman–Crippen LogP) is 5.19. The van der Waals surface area contributed by atoms with Crippen LogP contribution in [0.5, 0.6) is 5.75 Å². The van der Waals surface area contributed by atoms with Gasteiger partial charge < -0.3 is 15.0 Å². The van der Waals surface area contributed by atoms with E-state index >= 15 is 0 Å². The molecule has 1 aromatic carbocycles. The van der Waals surface area contributed by atoms with Crippen molar-refractivity contribution in [1.29, 1.82) is 0 Å². The van der Waals surface area contributed by atoms with E-state index in [-0.39, 0.29) is 11.9 Å². The van der Waals surface area contributed by atoms with Crippen molar-refractivity contribution in [1.82, 2.24) is 9.88 Å². The van der Waals surface area contributed by atoms with Gasteiger partial charge in [-0.15, -0.1) is 6.58 Å². The van der Waals surface area contributed by atoms with Crippen molar-refractivity contribution in [3.8, 4) is 5.75 Å². The number of hydrogen-bond acceptors (Lipinski definition) is 4. The minimum Gasteiger partial charge on any atom is -0.492 e. The Bertz CT molecular complexity index is 807. The number of carbonyl (C=O) groups excluding carboxylic acids is 1. The van der Waals surface area contributed by atoms with Crippen molar-refractivity contribution >= 4 is 23.2 Å². The van der Waals surface area contributed by atoms with E-state index in [0.29, 0.717) is 36.0 Å². The second-order valence-electron chi connectivity index (χ2n) is 7.22. The molecule has 0 aliphatic heterocycles. The summed E-state index contributed by atoms with van der Waals surface area (Å²) < 4.78 is 5.83. The molecule has 1 aliphatic rings. The number of carbonyl (C=O) groups is 1. The quantitative estimate of drug-likeness (QED) is 0.454. The molecule has 0 atom stereocenters. The summed E-state index contributed by atoms with van der Waals surface area (Å²) in [5.41, 5.74) is 1.54. The van der Waals surface area contributed by atoms with Crippen molar-refractivity contribution in [2.45, 2.75) is 38.1 Å². The maximum Gasteiger partial charge on any atom is 0.254 e. The highest BCUT2D eigenvalue weighted by atomic mass is 35.5. The van der Waals surface area contributed by atoms with E-state index in [1.54, 1.807) is 36.7 Å². The van der Waals surface area contributed by atoms with Crippen molar-refractivity contribution < 1.29 is 9.53 Å². The van der Waals surface area contributed by atoms with Gasteiger partial charge in [-0.05, 0) is 43.2 Å². The van der Waals surface area contributed by atoms with Crippen LogP contribution in [0, 0.1) is 0 Å². The SMILES string of the molecule is C=CCN(C(=O)c1cc(Cl)cc(OCCNc2ccncc2)c1)C1CCCCC1. The molecule has 154 valence electrons. The average molecular weight is 414 g/mol. The maximum absolute atomic E-state index is 13.2. The number of hydrogen-bond donors (Lipinski definition) is 1. The lowest BCUT2D eigenvalue weighted by Gasteiger charge is -2.34. The van der Waals surface area contributed by atoms with Gasteiger partial charge in [0.25, 0.3) is 5.91 Å². The molecule has 1 heterocycles. The predicted molar refractivity (Wildman–Crippen MR) is 118 cm³/mol. The first-order chi connectivity index (χ1) is 14.2. The molecule has 1 aliphatic carbocycles. The molecule has 1 aromatic heterocycles. The van der Waals surface area contributed by atoms with E-state index in [9.17, 15) is 4.79 Å². The molecule has 0 bridgehead atoms. The summed E-state index contributed by atoms with van der Waals surface area (Å²) in [7, 11) is 0. The Morgan fingerprint density at radius 3 is 2.72 bits per heavy atom. The number of anilines is 1. The molecule has 1 saturated carbocycles. The minimum absolute atomic E-state index is 0.0148. The zero-order valence-electron chi connectivity index (χ0n) is 16.6. The van der Waals surface area contributed by atoms with Crippen LogP contribution in [-0.4, -0.2) is 41.5 Å². The van der Waals surface area contributed by atoms with Gasteiger partial charge in [0, 0.05) is 47.8 Å². The van der Waals surface area contributed by atoms with Gasteiger partial charge >= 0.3 is 0 Å². The van der Waals surface area contributed by atoms with Crippen molar-refractivity contribution in [2.75, 3.05) is 25.0 Å².